The van der Waals surface area contributed by atoms with Gasteiger partial charge in [-0.15, -0.1) is 11.3 Å². The van der Waals surface area contributed by atoms with Crippen LogP contribution in [-0.2, 0) is 11.2 Å². The zero-order chi connectivity index (χ0) is 23.5. The molecule has 1 atom stereocenters. The van der Waals surface area contributed by atoms with Crippen molar-refractivity contribution < 1.29 is 19.4 Å². The van der Waals surface area contributed by atoms with Gasteiger partial charge >= 0.3 is 5.97 Å². The molecule has 34 heavy (non-hydrogen) atoms. The number of carbonyl (C=O) groups excluding carboxylic acids is 1. The number of hydrogen-bond acceptors (Lipinski definition) is 4. The first-order valence-electron chi connectivity index (χ1n) is 11.1. The van der Waals surface area contributed by atoms with Crippen LogP contribution in [0, 0.1) is 0 Å². The van der Waals surface area contributed by atoms with Crippen molar-refractivity contribution in [3.05, 3.63) is 106 Å². The minimum Gasteiger partial charge on any atom is -0.493 e. The lowest BCUT2D eigenvalue weighted by Gasteiger charge is -2.24. The lowest BCUT2D eigenvalue weighted by Crippen LogP contribution is -2.22. The molecule has 0 unspecified atom stereocenters. The second-order valence-electron chi connectivity index (χ2n) is 8.17. The van der Waals surface area contributed by atoms with Crippen molar-refractivity contribution in [1.29, 1.82) is 0 Å². The summed E-state index contributed by atoms with van der Waals surface area (Å²) in [6, 6.07) is 27.3. The maximum atomic E-state index is 12.6. The molecule has 0 saturated heterocycles. The number of amides is 1. The highest BCUT2D eigenvalue weighted by Gasteiger charge is 2.34. The molecular weight excluding hydrogens is 446 g/mol. The van der Waals surface area contributed by atoms with E-state index < -0.39 is 5.97 Å². The van der Waals surface area contributed by atoms with Gasteiger partial charge < -0.3 is 15.2 Å². The van der Waals surface area contributed by atoms with Gasteiger partial charge in [-0.2, -0.15) is 0 Å². The number of thiophene rings is 1. The Hall–Kier alpha value is -3.90. The summed E-state index contributed by atoms with van der Waals surface area (Å²) >= 11 is 1.24. The van der Waals surface area contributed by atoms with Gasteiger partial charge in [0.05, 0.1) is 12.3 Å². The predicted octanol–water partition coefficient (Wildman–Crippen LogP) is 6.21. The van der Waals surface area contributed by atoms with E-state index in [1.807, 2.05) is 72.8 Å². The van der Waals surface area contributed by atoms with Crippen molar-refractivity contribution in [2.75, 3.05) is 11.9 Å². The summed E-state index contributed by atoms with van der Waals surface area (Å²) in [5.41, 5.74) is 4.15. The fourth-order valence-electron chi connectivity index (χ4n) is 4.31. The molecule has 0 fully saturated rings. The Balaban J connectivity index is 1.41. The van der Waals surface area contributed by atoms with E-state index in [4.69, 9.17) is 4.74 Å². The Morgan fingerprint density at radius 3 is 2.32 bits per heavy atom. The molecule has 4 aromatic rings. The fourth-order valence-corrected chi connectivity index (χ4v) is 5.56. The second kappa shape index (κ2) is 9.53. The third-order valence-electron chi connectivity index (χ3n) is 5.95. The minimum absolute atomic E-state index is 0.118. The predicted molar refractivity (Wildman–Crippen MR) is 134 cm³/mol. The smallest absolute Gasteiger partial charge is 0.346 e. The molecule has 1 aliphatic rings. The first kappa shape index (κ1) is 21.9. The first-order chi connectivity index (χ1) is 16.6. The quantitative estimate of drug-likeness (QED) is 0.337. The summed E-state index contributed by atoms with van der Waals surface area (Å²) in [4.78, 5) is 25.8. The maximum Gasteiger partial charge on any atom is 0.346 e. The van der Waals surface area contributed by atoms with Crippen LogP contribution in [0.25, 0.3) is 11.1 Å². The molecule has 0 spiro atoms. The molecule has 0 aliphatic carbocycles. The normalized spacial score (nSPS) is 14.8. The van der Waals surface area contributed by atoms with Gasteiger partial charge in [-0.25, -0.2) is 4.79 Å². The molecule has 1 aliphatic heterocycles. The number of aromatic carboxylic acids is 1. The van der Waals surface area contributed by atoms with Gasteiger partial charge in [0.25, 0.3) is 0 Å². The zero-order valence-corrected chi connectivity index (χ0v) is 19.2. The van der Waals surface area contributed by atoms with Crippen LogP contribution < -0.4 is 10.1 Å². The minimum atomic E-state index is -0.992. The molecule has 1 aromatic heterocycles. The zero-order valence-electron chi connectivity index (χ0n) is 18.4. The summed E-state index contributed by atoms with van der Waals surface area (Å²) < 4.78 is 5.90. The lowest BCUT2D eigenvalue weighted by molar-refractivity contribution is -0.116. The van der Waals surface area contributed by atoms with Gasteiger partial charge in [-0.05, 0) is 28.8 Å². The third-order valence-corrected chi connectivity index (χ3v) is 7.24. The lowest BCUT2D eigenvalue weighted by atomic mass is 9.88. The second-order valence-corrected chi connectivity index (χ2v) is 9.23. The molecule has 6 heteroatoms. The molecule has 0 saturated carbocycles. The topological polar surface area (TPSA) is 75.6 Å². The third kappa shape index (κ3) is 4.45. The van der Waals surface area contributed by atoms with Crippen LogP contribution in [0.5, 0.6) is 5.75 Å². The molecule has 0 radical (unpaired) electrons. The van der Waals surface area contributed by atoms with E-state index in [2.05, 4.69) is 17.4 Å². The molecule has 1 amide bonds. The van der Waals surface area contributed by atoms with Gasteiger partial charge in [0.15, 0.2) is 0 Å². The monoisotopic (exact) mass is 469 g/mol. The molecule has 5 rings (SSSR count). The highest BCUT2D eigenvalue weighted by molar-refractivity contribution is 7.15. The number of carboxylic acids is 1. The standard InChI is InChI=1S/C28H23NO4S/c30-23-17-22(19-11-13-21(14-12-19)33-16-15-18-7-3-1-4-8-18)26-25(29-23)24(27(34-26)28(31)32)20-9-5-2-6-10-20/h1-14,22H,15-17H2,(H,29,30)(H,31,32)/t22-/m0/s1. The summed E-state index contributed by atoms with van der Waals surface area (Å²) in [7, 11) is 0. The number of carbonyl (C=O) groups is 2. The largest absolute Gasteiger partial charge is 0.493 e. The maximum absolute atomic E-state index is 12.6. The number of anilines is 1. The first-order valence-corrected chi connectivity index (χ1v) is 11.9. The summed E-state index contributed by atoms with van der Waals surface area (Å²) in [6.45, 7) is 0.576. The Labute approximate surface area is 201 Å². The van der Waals surface area contributed by atoms with Crippen LogP contribution in [0.1, 0.15) is 38.0 Å². The molecule has 2 N–H and O–H groups in total. The highest BCUT2D eigenvalue weighted by Crippen LogP contribution is 2.49. The Kier molecular flexibility index (Phi) is 6.14. The molecule has 3 aromatic carbocycles. The highest BCUT2D eigenvalue weighted by atomic mass is 32.1. The SMILES string of the molecule is O=C1C[C@@H](c2ccc(OCCc3ccccc3)cc2)c2sc(C(=O)O)c(-c3ccccc3)c2N1. The number of ether oxygens (including phenoxy) is 1. The van der Waals surface area contributed by atoms with Crippen LogP contribution in [-0.4, -0.2) is 23.6 Å². The van der Waals surface area contributed by atoms with E-state index >= 15 is 0 Å². The van der Waals surface area contributed by atoms with Crippen molar-refractivity contribution in [1.82, 2.24) is 0 Å². The van der Waals surface area contributed by atoms with Crippen LogP contribution >= 0.6 is 11.3 Å². The van der Waals surface area contributed by atoms with Crippen molar-refractivity contribution in [3.8, 4) is 16.9 Å². The van der Waals surface area contributed by atoms with E-state index in [1.54, 1.807) is 0 Å². The molecule has 170 valence electrons. The average Bonchev–Trinajstić information content (AvgIpc) is 3.25. The van der Waals surface area contributed by atoms with Crippen LogP contribution in [0.4, 0.5) is 5.69 Å². The average molecular weight is 470 g/mol. The van der Waals surface area contributed by atoms with Gasteiger partial charge in [-0.1, -0.05) is 72.8 Å². The summed E-state index contributed by atoms with van der Waals surface area (Å²) in [5.74, 6) is -0.550. The summed E-state index contributed by atoms with van der Waals surface area (Å²) in [6.07, 6.45) is 1.10. The Morgan fingerprint density at radius 1 is 0.971 bits per heavy atom. The number of fused-ring (bicyclic) bond motifs is 1. The fraction of sp³-hybridized carbons (Fsp3) is 0.143. The van der Waals surface area contributed by atoms with Crippen LogP contribution in [0.2, 0.25) is 0 Å². The van der Waals surface area contributed by atoms with Gasteiger partial charge in [-0.3, -0.25) is 4.79 Å². The number of carboxylic acid groups (broad SMARTS) is 1. The number of hydrogen-bond donors (Lipinski definition) is 2. The molecule has 2 heterocycles. The van der Waals surface area contributed by atoms with Crippen molar-refractivity contribution in [2.45, 2.75) is 18.8 Å². The molecule has 0 bridgehead atoms. The van der Waals surface area contributed by atoms with Gasteiger partial charge in [0.2, 0.25) is 5.91 Å². The number of benzene rings is 3. The Morgan fingerprint density at radius 2 is 1.65 bits per heavy atom. The van der Waals surface area contributed by atoms with E-state index in [9.17, 15) is 14.7 Å². The van der Waals surface area contributed by atoms with Gasteiger partial charge in [0.1, 0.15) is 10.6 Å². The van der Waals surface area contributed by atoms with E-state index in [0.29, 0.717) is 17.9 Å². The van der Waals surface area contributed by atoms with Crippen molar-refractivity contribution in [3.63, 3.8) is 0 Å². The molecule has 5 nitrogen and oxygen atoms in total. The van der Waals surface area contributed by atoms with Gasteiger partial charge in [0, 0.05) is 29.2 Å². The van der Waals surface area contributed by atoms with Crippen molar-refractivity contribution in [2.24, 2.45) is 0 Å². The van der Waals surface area contributed by atoms with E-state index in [0.717, 1.165) is 28.2 Å². The number of rotatable bonds is 7. The van der Waals surface area contributed by atoms with Crippen molar-refractivity contribution >= 4 is 28.9 Å². The van der Waals surface area contributed by atoms with E-state index in [-0.39, 0.29) is 23.1 Å². The summed E-state index contributed by atoms with van der Waals surface area (Å²) in [5, 5.41) is 12.8. The van der Waals surface area contributed by atoms with E-state index in [1.165, 1.54) is 16.9 Å². The molecular formula is C28H23NO4S. The Bertz CT molecular complexity index is 1310. The van der Waals surface area contributed by atoms with Crippen LogP contribution in [0.15, 0.2) is 84.9 Å². The van der Waals surface area contributed by atoms with Crippen LogP contribution in [0.3, 0.4) is 0 Å². The number of nitrogens with one attached hydrogen (secondary N) is 1.